The predicted octanol–water partition coefficient (Wildman–Crippen LogP) is 0.853. The van der Waals surface area contributed by atoms with Crippen LogP contribution in [0.4, 0.5) is 4.79 Å². The van der Waals surface area contributed by atoms with Crippen LogP contribution < -0.4 is 16.4 Å². The molecule has 0 unspecified atom stereocenters. The number of rotatable bonds is 10. The minimum Gasteiger partial charge on any atom is -0.508 e. The van der Waals surface area contributed by atoms with Crippen LogP contribution in [0.3, 0.4) is 0 Å². The Morgan fingerprint density at radius 3 is 2.32 bits per heavy atom. The minimum absolute atomic E-state index is 0.00151. The van der Waals surface area contributed by atoms with E-state index in [2.05, 4.69) is 10.6 Å². The summed E-state index contributed by atoms with van der Waals surface area (Å²) >= 11 is 0. The molecular formula is C21H25N3O7. The highest BCUT2D eigenvalue weighted by Crippen LogP contribution is 2.23. The second-order valence-electron chi connectivity index (χ2n) is 6.75. The summed E-state index contributed by atoms with van der Waals surface area (Å²) in [6.45, 7) is 0.0645. The number of carboxylic acid groups (broad SMARTS) is 1. The lowest BCUT2D eigenvalue weighted by Crippen LogP contribution is -2.52. The number of benzene rings is 2. The molecule has 2 amide bonds. The summed E-state index contributed by atoms with van der Waals surface area (Å²) in [4.78, 5) is 36.2. The number of hydrogen-bond acceptors (Lipinski definition) is 7. The van der Waals surface area contributed by atoms with E-state index < -0.39 is 30.1 Å². The van der Waals surface area contributed by atoms with Gasteiger partial charge in [-0.25, -0.2) is 9.59 Å². The normalized spacial score (nSPS) is 12.4. The molecule has 0 spiro atoms. The number of phenols is 2. The minimum atomic E-state index is -1.38. The van der Waals surface area contributed by atoms with E-state index in [0.717, 1.165) is 11.6 Å². The summed E-state index contributed by atoms with van der Waals surface area (Å²) in [6.07, 6.45) is -1.02. The third-order valence-electron chi connectivity index (χ3n) is 4.38. The maximum atomic E-state index is 12.6. The first-order chi connectivity index (χ1) is 14.8. The summed E-state index contributed by atoms with van der Waals surface area (Å²) in [5.41, 5.74) is 6.49. The van der Waals surface area contributed by atoms with Crippen molar-refractivity contribution >= 4 is 18.0 Å². The molecule has 7 N–H and O–H groups in total. The van der Waals surface area contributed by atoms with E-state index in [4.69, 9.17) is 10.5 Å². The number of aromatic hydroxyl groups is 2. The third-order valence-corrected chi connectivity index (χ3v) is 4.38. The third kappa shape index (κ3) is 7.52. The number of nitrogens with two attached hydrogens (primary N) is 1. The summed E-state index contributed by atoms with van der Waals surface area (Å²) in [7, 11) is 0. The molecule has 2 atom stereocenters. The average molecular weight is 431 g/mol. The molecule has 31 heavy (non-hydrogen) atoms. The quantitative estimate of drug-likeness (QED) is 0.321. The molecule has 10 nitrogen and oxygen atoms in total. The topological polar surface area (TPSA) is 171 Å². The lowest BCUT2D eigenvalue weighted by molar-refractivity contribution is -0.142. The van der Waals surface area contributed by atoms with E-state index in [0.29, 0.717) is 0 Å². The zero-order valence-corrected chi connectivity index (χ0v) is 16.7. The average Bonchev–Trinajstić information content (AvgIpc) is 2.73. The summed E-state index contributed by atoms with van der Waals surface area (Å²) in [6, 6.07) is 10.2. The Hall–Kier alpha value is -3.79. The van der Waals surface area contributed by atoms with Crippen molar-refractivity contribution in [2.75, 3.05) is 6.54 Å². The van der Waals surface area contributed by atoms with Crippen LogP contribution in [0.2, 0.25) is 0 Å². The molecule has 0 saturated carbocycles. The molecular weight excluding hydrogens is 406 g/mol. The van der Waals surface area contributed by atoms with Crippen molar-refractivity contribution in [1.82, 2.24) is 10.6 Å². The van der Waals surface area contributed by atoms with Crippen molar-refractivity contribution in [3.63, 3.8) is 0 Å². The van der Waals surface area contributed by atoms with Crippen molar-refractivity contribution in [3.05, 3.63) is 59.7 Å². The van der Waals surface area contributed by atoms with Gasteiger partial charge in [-0.3, -0.25) is 4.79 Å². The van der Waals surface area contributed by atoms with Crippen LogP contribution in [0.25, 0.3) is 0 Å². The van der Waals surface area contributed by atoms with E-state index in [1.54, 1.807) is 24.3 Å². The van der Waals surface area contributed by atoms with Gasteiger partial charge >= 0.3 is 12.1 Å². The van der Waals surface area contributed by atoms with Crippen molar-refractivity contribution < 1.29 is 34.4 Å². The Kier molecular flexibility index (Phi) is 8.64. The molecule has 2 aromatic rings. The standard InChI is InChI=1S/C21H25N3O7/c22-9-8-16(24-21(30)31-12-13-4-2-1-3-5-13)19(27)23-17(20(28)29)10-14-6-7-15(25)11-18(14)26/h1-7,11,16-17,25-26H,8-10,12,22H2,(H,23,27)(H,24,30)(H,28,29)/t16-,17+/m1/s1. The summed E-state index contributed by atoms with van der Waals surface area (Å²) in [5.74, 6) is -2.58. The SMILES string of the molecule is NCC[C@@H](NC(=O)OCc1ccccc1)C(=O)N[C@@H](Cc1ccc(O)cc1O)C(=O)O. The number of nitrogens with one attached hydrogen (secondary N) is 2. The number of carbonyl (C=O) groups excluding carboxylic acids is 2. The predicted molar refractivity (Wildman–Crippen MR) is 110 cm³/mol. The fourth-order valence-corrected chi connectivity index (χ4v) is 2.76. The maximum absolute atomic E-state index is 12.6. The van der Waals surface area contributed by atoms with Crippen molar-refractivity contribution in [2.24, 2.45) is 5.73 Å². The molecule has 0 aliphatic rings. The van der Waals surface area contributed by atoms with Gasteiger partial charge in [0, 0.05) is 12.5 Å². The molecule has 0 heterocycles. The monoisotopic (exact) mass is 431 g/mol. The number of amides is 2. The van der Waals surface area contributed by atoms with E-state index in [-0.39, 0.29) is 43.1 Å². The smallest absolute Gasteiger partial charge is 0.408 e. The van der Waals surface area contributed by atoms with Gasteiger partial charge in [-0.15, -0.1) is 0 Å². The second-order valence-corrected chi connectivity index (χ2v) is 6.75. The molecule has 0 bridgehead atoms. The van der Waals surface area contributed by atoms with E-state index in [9.17, 15) is 29.7 Å². The van der Waals surface area contributed by atoms with Crippen molar-refractivity contribution in [2.45, 2.75) is 31.5 Å². The Morgan fingerprint density at radius 1 is 1.00 bits per heavy atom. The van der Waals surface area contributed by atoms with Crippen LogP contribution >= 0.6 is 0 Å². The molecule has 2 aromatic carbocycles. The molecule has 166 valence electrons. The number of hydrogen-bond donors (Lipinski definition) is 6. The van der Waals surface area contributed by atoms with Crippen LogP contribution in [0.1, 0.15) is 17.5 Å². The van der Waals surface area contributed by atoms with Crippen LogP contribution in [0, 0.1) is 0 Å². The maximum Gasteiger partial charge on any atom is 0.408 e. The van der Waals surface area contributed by atoms with Gasteiger partial charge in [-0.05, 0) is 30.2 Å². The van der Waals surface area contributed by atoms with Gasteiger partial charge in [0.1, 0.15) is 30.2 Å². The fraction of sp³-hybridized carbons (Fsp3) is 0.286. The van der Waals surface area contributed by atoms with Gasteiger partial charge in [-0.2, -0.15) is 0 Å². The van der Waals surface area contributed by atoms with E-state index >= 15 is 0 Å². The van der Waals surface area contributed by atoms with Gasteiger partial charge in [0.2, 0.25) is 5.91 Å². The molecule has 0 radical (unpaired) electrons. The Bertz CT molecular complexity index is 905. The molecule has 0 saturated heterocycles. The highest BCUT2D eigenvalue weighted by Gasteiger charge is 2.27. The number of phenolic OH excluding ortho intramolecular Hbond substituents is 2. The number of ether oxygens (including phenoxy) is 1. The summed E-state index contributed by atoms with van der Waals surface area (Å²) < 4.78 is 5.09. The molecule has 0 fully saturated rings. The van der Waals surface area contributed by atoms with Crippen molar-refractivity contribution in [1.29, 1.82) is 0 Å². The van der Waals surface area contributed by atoms with Gasteiger partial charge in [0.25, 0.3) is 0 Å². The molecule has 0 aromatic heterocycles. The lowest BCUT2D eigenvalue weighted by atomic mass is 10.0. The second kappa shape index (κ2) is 11.4. The van der Waals surface area contributed by atoms with Crippen LogP contribution in [0.5, 0.6) is 11.5 Å². The fourth-order valence-electron chi connectivity index (χ4n) is 2.76. The Balaban J connectivity index is 1.99. The van der Waals surface area contributed by atoms with Gasteiger partial charge in [0.15, 0.2) is 0 Å². The highest BCUT2D eigenvalue weighted by atomic mass is 16.5. The van der Waals surface area contributed by atoms with E-state index in [1.165, 1.54) is 12.1 Å². The number of carboxylic acids is 1. The van der Waals surface area contributed by atoms with Gasteiger partial charge in [0.05, 0.1) is 0 Å². The zero-order valence-electron chi connectivity index (χ0n) is 16.7. The Labute approximate surface area is 178 Å². The molecule has 10 heteroatoms. The zero-order chi connectivity index (χ0) is 22.8. The number of alkyl carbamates (subject to hydrolysis) is 1. The van der Waals surface area contributed by atoms with Crippen LogP contribution in [-0.2, 0) is 27.4 Å². The van der Waals surface area contributed by atoms with E-state index in [1.807, 2.05) is 6.07 Å². The highest BCUT2D eigenvalue weighted by molar-refractivity contribution is 5.89. The van der Waals surface area contributed by atoms with Crippen LogP contribution in [0.15, 0.2) is 48.5 Å². The number of aliphatic carboxylic acids is 1. The Morgan fingerprint density at radius 2 is 1.71 bits per heavy atom. The largest absolute Gasteiger partial charge is 0.508 e. The summed E-state index contributed by atoms with van der Waals surface area (Å²) in [5, 5.41) is 33.4. The van der Waals surface area contributed by atoms with Crippen LogP contribution in [-0.4, -0.2) is 51.9 Å². The van der Waals surface area contributed by atoms with Gasteiger partial charge in [-0.1, -0.05) is 36.4 Å². The molecule has 0 aliphatic heterocycles. The number of carbonyl (C=O) groups is 3. The molecule has 2 rings (SSSR count). The first-order valence-corrected chi connectivity index (χ1v) is 9.51. The first-order valence-electron chi connectivity index (χ1n) is 9.51. The molecule has 0 aliphatic carbocycles. The lowest BCUT2D eigenvalue weighted by Gasteiger charge is -2.21. The van der Waals surface area contributed by atoms with Gasteiger partial charge < -0.3 is 36.4 Å². The van der Waals surface area contributed by atoms with Crippen molar-refractivity contribution in [3.8, 4) is 11.5 Å². The first kappa shape index (κ1) is 23.5.